The number of carbonyl (C=O) groups excluding carboxylic acids is 3. The number of rotatable bonds is 13. The number of primary amides is 1. The van der Waals surface area contributed by atoms with Crippen LogP contribution in [-0.4, -0.2) is 43.7 Å². The second-order valence-electron chi connectivity index (χ2n) is 8.60. The number of nitrogens with zero attached hydrogens (tertiary/aromatic N) is 2. The number of benzene rings is 2. The van der Waals surface area contributed by atoms with Crippen LogP contribution in [0.2, 0.25) is 5.02 Å². The van der Waals surface area contributed by atoms with Gasteiger partial charge in [0.05, 0.1) is 0 Å². The molecule has 0 saturated heterocycles. The molecule has 13 nitrogen and oxygen atoms in total. The molecule has 3 rings (SSSR count). The highest BCUT2D eigenvalue weighted by atomic mass is 35.5. The van der Waals surface area contributed by atoms with Gasteiger partial charge in [0.1, 0.15) is 17.8 Å². The zero-order valence-corrected chi connectivity index (χ0v) is 22.4. The number of aromatic nitrogens is 2. The molecular weight excluding hydrogens is 553 g/mol. The van der Waals surface area contributed by atoms with Crippen molar-refractivity contribution in [2.75, 3.05) is 0 Å². The Hall–Kier alpha value is -3.77. The van der Waals surface area contributed by atoms with Gasteiger partial charge < -0.3 is 25.4 Å². The molecule has 0 unspecified atom stereocenters. The summed E-state index contributed by atoms with van der Waals surface area (Å²) in [6, 6.07) is 10.8. The van der Waals surface area contributed by atoms with E-state index in [0.29, 0.717) is 22.8 Å². The van der Waals surface area contributed by atoms with Gasteiger partial charge in [-0.2, -0.15) is 4.98 Å². The van der Waals surface area contributed by atoms with Crippen LogP contribution in [0.15, 0.2) is 53.1 Å². The first-order chi connectivity index (χ1) is 18.4. The fraction of sp³-hybridized carbons (Fsp3) is 0.292. The summed E-state index contributed by atoms with van der Waals surface area (Å²) in [5.41, 5.74) is 6.75. The predicted octanol–water partition coefficient (Wildman–Crippen LogP) is 1.96. The molecule has 0 aliphatic heterocycles. The molecule has 0 saturated carbocycles. The number of phosphoric ester groups is 1. The molecule has 15 heteroatoms. The molecule has 1 aromatic heterocycles. The second kappa shape index (κ2) is 13.3. The van der Waals surface area contributed by atoms with E-state index in [-0.39, 0.29) is 30.9 Å². The van der Waals surface area contributed by atoms with Gasteiger partial charge in [-0.15, -0.1) is 0 Å². The van der Waals surface area contributed by atoms with Crippen molar-refractivity contribution in [1.82, 2.24) is 20.8 Å². The van der Waals surface area contributed by atoms with Crippen LogP contribution in [0.5, 0.6) is 5.75 Å². The van der Waals surface area contributed by atoms with Gasteiger partial charge in [0, 0.05) is 31.2 Å². The molecule has 2 atom stereocenters. The normalized spacial score (nSPS) is 12.8. The van der Waals surface area contributed by atoms with E-state index < -0.39 is 37.6 Å². The van der Waals surface area contributed by atoms with Crippen LogP contribution in [0.1, 0.15) is 48.6 Å². The van der Waals surface area contributed by atoms with Crippen LogP contribution < -0.4 is 20.9 Å². The Morgan fingerprint density at radius 3 is 2.31 bits per heavy atom. The van der Waals surface area contributed by atoms with Gasteiger partial charge in [0.2, 0.25) is 23.6 Å². The third-order valence-corrected chi connectivity index (χ3v) is 6.04. The van der Waals surface area contributed by atoms with Crippen LogP contribution in [0, 0.1) is 0 Å². The predicted molar refractivity (Wildman–Crippen MR) is 138 cm³/mol. The summed E-state index contributed by atoms with van der Waals surface area (Å²) in [5, 5.41) is 9.85. The Labute approximate surface area is 228 Å². The Balaban J connectivity index is 1.75. The molecule has 0 fully saturated rings. The van der Waals surface area contributed by atoms with Crippen molar-refractivity contribution >= 4 is 37.1 Å². The fourth-order valence-corrected chi connectivity index (χ4v) is 4.12. The second-order valence-corrected chi connectivity index (χ2v) is 10.2. The topological polar surface area (TPSA) is 207 Å². The van der Waals surface area contributed by atoms with Crippen molar-refractivity contribution in [3.63, 3.8) is 0 Å². The zero-order chi connectivity index (χ0) is 28.6. The quantitative estimate of drug-likeness (QED) is 0.186. The lowest BCUT2D eigenvalue weighted by Gasteiger charge is -2.21. The first-order valence-electron chi connectivity index (χ1n) is 11.6. The fourth-order valence-electron chi connectivity index (χ4n) is 3.60. The molecule has 6 N–H and O–H groups in total. The van der Waals surface area contributed by atoms with E-state index in [1.54, 1.807) is 12.1 Å². The summed E-state index contributed by atoms with van der Waals surface area (Å²) in [4.78, 5) is 58.7. The van der Waals surface area contributed by atoms with Crippen molar-refractivity contribution in [3.8, 4) is 5.75 Å². The molecule has 208 valence electrons. The monoisotopic (exact) mass is 579 g/mol. The number of phosphoric acid groups is 1. The molecule has 0 aliphatic carbocycles. The van der Waals surface area contributed by atoms with Crippen LogP contribution >= 0.6 is 19.4 Å². The minimum atomic E-state index is -4.72. The molecule has 2 aromatic carbocycles. The molecular formula is C24H27ClN5O8P. The van der Waals surface area contributed by atoms with E-state index in [2.05, 4.69) is 25.3 Å². The number of carbonyl (C=O) groups is 3. The number of halogens is 1. The lowest BCUT2D eigenvalue weighted by Crippen LogP contribution is -2.48. The SMILES string of the molecule is CC(=O)N[C@@H](Cc1ccc(OP(=O)(O)O)cc1)C(=O)N[C@@H](CCC(N)=O)c1nc(Cc2ccc(Cl)cc2)no1. The van der Waals surface area contributed by atoms with Crippen molar-refractivity contribution in [2.24, 2.45) is 5.73 Å². The Bertz CT molecular complexity index is 1340. The van der Waals surface area contributed by atoms with E-state index >= 15 is 0 Å². The summed E-state index contributed by atoms with van der Waals surface area (Å²) < 4.78 is 20.9. The smallest absolute Gasteiger partial charge is 0.404 e. The summed E-state index contributed by atoms with van der Waals surface area (Å²) >= 11 is 5.92. The minimum Gasteiger partial charge on any atom is -0.404 e. The van der Waals surface area contributed by atoms with E-state index in [0.717, 1.165) is 5.56 Å². The third kappa shape index (κ3) is 10.1. The highest BCUT2D eigenvalue weighted by molar-refractivity contribution is 7.46. The molecule has 0 spiro atoms. The molecule has 0 aliphatic rings. The zero-order valence-electron chi connectivity index (χ0n) is 20.7. The average Bonchev–Trinajstić information content (AvgIpc) is 3.31. The number of amides is 3. The Kier molecular flexibility index (Phi) is 10.2. The molecule has 0 radical (unpaired) electrons. The maximum absolute atomic E-state index is 13.2. The van der Waals surface area contributed by atoms with Gasteiger partial charge in [-0.25, -0.2) is 4.57 Å². The van der Waals surface area contributed by atoms with Gasteiger partial charge in [0.25, 0.3) is 0 Å². The number of hydrogen-bond acceptors (Lipinski definition) is 8. The largest absolute Gasteiger partial charge is 0.524 e. The first kappa shape index (κ1) is 29.8. The Morgan fingerprint density at radius 2 is 1.72 bits per heavy atom. The van der Waals surface area contributed by atoms with E-state index in [1.807, 2.05) is 12.1 Å². The van der Waals surface area contributed by atoms with E-state index in [1.165, 1.54) is 31.2 Å². The van der Waals surface area contributed by atoms with E-state index in [4.69, 9.17) is 31.6 Å². The molecule has 3 aromatic rings. The summed E-state index contributed by atoms with van der Waals surface area (Å²) in [6.07, 6.45) is 0.375. The van der Waals surface area contributed by atoms with Crippen molar-refractivity contribution in [1.29, 1.82) is 0 Å². The molecule has 0 bridgehead atoms. The summed E-state index contributed by atoms with van der Waals surface area (Å²) in [6.45, 7) is 1.25. The van der Waals surface area contributed by atoms with Gasteiger partial charge >= 0.3 is 7.82 Å². The van der Waals surface area contributed by atoms with Crippen LogP contribution in [0.4, 0.5) is 0 Å². The lowest BCUT2D eigenvalue weighted by molar-refractivity contribution is -0.128. The van der Waals surface area contributed by atoms with Crippen molar-refractivity contribution in [3.05, 3.63) is 76.4 Å². The van der Waals surface area contributed by atoms with Crippen LogP contribution in [-0.2, 0) is 31.8 Å². The van der Waals surface area contributed by atoms with Crippen molar-refractivity contribution in [2.45, 2.75) is 44.7 Å². The molecule has 3 amide bonds. The van der Waals surface area contributed by atoms with Gasteiger partial charge in [-0.3, -0.25) is 24.2 Å². The minimum absolute atomic E-state index is 0.0375. The summed E-state index contributed by atoms with van der Waals surface area (Å²) in [7, 11) is -4.72. The first-order valence-corrected chi connectivity index (χ1v) is 13.6. The standard InChI is InChI=1S/C24H27ClN5O8P/c1-14(31)27-20(12-15-4-8-18(9-5-15)38-39(34,35)36)23(33)28-19(10-11-21(26)32)24-29-22(30-37-24)13-16-2-6-17(25)7-3-16/h2-9,19-20H,10-13H2,1H3,(H2,26,32)(H,27,31)(H,28,33)(H2,34,35,36)/t19-,20-/m0/s1. The summed E-state index contributed by atoms with van der Waals surface area (Å²) in [5.74, 6) is -1.30. The Morgan fingerprint density at radius 1 is 1.08 bits per heavy atom. The van der Waals surface area contributed by atoms with Crippen LogP contribution in [0.3, 0.4) is 0 Å². The maximum Gasteiger partial charge on any atom is 0.524 e. The highest BCUT2D eigenvalue weighted by Gasteiger charge is 2.27. The maximum atomic E-state index is 13.2. The number of nitrogens with two attached hydrogens (primary N) is 1. The lowest BCUT2D eigenvalue weighted by atomic mass is 10.0. The van der Waals surface area contributed by atoms with Gasteiger partial charge in [-0.1, -0.05) is 41.0 Å². The third-order valence-electron chi connectivity index (χ3n) is 5.33. The molecule has 39 heavy (non-hydrogen) atoms. The van der Waals surface area contributed by atoms with Gasteiger partial charge in [-0.05, 0) is 41.8 Å². The molecule has 1 heterocycles. The van der Waals surface area contributed by atoms with Gasteiger partial charge in [0.15, 0.2) is 5.82 Å². The number of nitrogens with one attached hydrogen (secondary N) is 2. The number of hydrogen-bond donors (Lipinski definition) is 5. The highest BCUT2D eigenvalue weighted by Crippen LogP contribution is 2.37. The van der Waals surface area contributed by atoms with Crippen LogP contribution in [0.25, 0.3) is 0 Å². The van der Waals surface area contributed by atoms with E-state index in [9.17, 15) is 18.9 Å². The average molecular weight is 580 g/mol. The van der Waals surface area contributed by atoms with Crippen molar-refractivity contribution < 1.29 is 37.8 Å².